The smallest absolute Gasteiger partial charge is 0.223 e. The number of hydrogen-bond acceptors (Lipinski definition) is 2. The second-order valence-electron chi connectivity index (χ2n) is 4.15. The second kappa shape index (κ2) is 5.89. The standard InChI is InChI=1S/C11H17ClN2O2/c1-7-5-9(7)11(16)13-4-3-10(15)14-6-8(2)12/h7,9H,2-6H2,1H3,(H,13,16)(H,14,15). The average molecular weight is 245 g/mol. The van der Waals surface area contributed by atoms with Crippen LogP contribution in [0.25, 0.3) is 0 Å². The van der Waals surface area contributed by atoms with Crippen LogP contribution in [0.3, 0.4) is 0 Å². The minimum Gasteiger partial charge on any atom is -0.355 e. The van der Waals surface area contributed by atoms with E-state index in [1.165, 1.54) is 0 Å². The van der Waals surface area contributed by atoms with E-state index in [-0.39, 0.29) is 30.7 Å². The van der Waals surface area contributed by atoms with Crippen molar-refractivity contribution in [1.29, 1.82) is 0 Å². The predicted octanol–water partition coefficient (Wildman–Crippen LogP) is 1.02. The first-order valence-electron chi connectivity index (χ1n) is 5.38. The molecule has 2 atom stereocenters. The summed E-state index contributed by atoms with van der Waals surface area (Å²) in [5.41, 5.74) is 0. The molecule has 0 heterocycles. The Balaban J connectivity index is 2.04. The van der Waals surface area contributed by atoms with Gasteiger partial charge in [-0.2, -0.15) is 0 Å². The van der Waals surface area contributed by atoms with Crippen molar-refractivity contribution in [2.45, 2.75) is 19.8 Å². The minimum absolute atomic E-state index is 0.0575. The zero-order valence-electron chi connectivity index (χ0n) is 9.38. The second-order valence-corrected chi connectivity index (χ2v) is 4.69. The topological polar surface area (TPSA) is 58.2 Å². The Hall–Kier alpha value is -1.03. The first kappa shape index (κ1) is 13.0. The van der Waals surface area contributed by atoms with Crippen molar-refractivity contribution < 1.29 is 9.59 Å². The molecule has 2 amide bonds. The normalized spacial score (nSPS) is 22.4. The van der Waals surface area contributed by atoms with E-state index in [1.54, 1.807) is 0 Å². The number of amides is 2. The van der Waals surface area contributed by atoms with Crippen molar-refractivity contribution in [3.8, 4) is 0 Å². The molecule has 1 aliphatic rings. The first-order chi connectivity index (χ1) is 7.50. The summed E-state index contributed by atoms with van der Waals surface area (Å²) >= 11 is 5.49. The Morgan fingerprint density at radius 2 is 2.06 bits per heavy atom. The van der Waals surface area contributed by atoms with E-state index in [0.717, 1.165) is 6.42 Å². The number of carbonyl (C=O) groups excluding carboxylic acids is 2. The van der Waals surface area contributed by atoms with Gasteiger partial charge in [0.15, 0.2) is 0 Å². The lowest BCUT2D eigenvalue weighted by Gasteiger charge is -2.05. The third-order valence-corrected chi connectivity index (χ3v) is 2.71. The van der Waals surface area contributed by atoms with Gasteiger partial charge in [-0.15, -0.1) is 0 Å². The molecule has 1 aliphatic carbocycles. The van der Waals surface area contributed by atoms with Gasteiger partial charge < -0.3 is 10.6 Å². The van der Waals surface area contributed by atoms with Gasteiger partial charge >= 0.3 is 0 Å². The lowest BCUT2D eigenvalue weighted by molar-refractivity contribution is -0.123. The highest BCUT2D eigenvalue weighted by molar-refractivity contribution is 6.29. The van der Waals surface area contributed by atoms with Crippen LogP contribution in [0, 0.1) is 11.8 Å². The number of halogens is 1. The molecule has 0 aromatic heterocycles. The third kappa shape index (κ3) is 4.66. The van der Waals surface area contributed by atoms with Crippen LogP contribution in [0.15, 0.2) is 11.6 Å². The number of carbonyl (C=O) groups is 2. The van der Waals surface area contributed by atoms with E-state index in [2.05, 4.69) is 17.2 Å². The third-order valence-electron chi connectivity index (χ3n) is 2.57. The van der Waals surface area contributed by atoms with Crippen LogP contribution >= 0.6 is 11.6 Å². The molecule has 16 heavy (non-hydrogen) atoms. The predicted molar refractivity (Wildman–Crippen MR) is 62.9 cm³/mol. The summed E-state index contributed by atoms with van der Waals surface area (Å²) in [6.07, 6.45) is 1.24. The molecule has 0 radical (unpaired) electrons. The molecule has 0 aromatic carbocycles. The molecule has 0 spiro atoms. The number of hydrogen-bond donors (Lipinski definition) is 2. The SMILES string of the molecule is C=C(Cl)CNC(=O)CCNC(=O)C1CC1C. The Bertz CT molecular complexity index is 304. The maximum Gasteiger partial charge on any atom is 0.223 e. The molecule has 0 saturated heterocycles. The minimum atomic E-state index is -0.133. The number of nitrogens with one attached hydrogen (secondary N) is 2. The fourth-order valence-corrected chi connectivity index (χ4v) is 1.47. The molecular formula is C11H17ClN2O2. The Labute approximate surface area is 100 Å². The molecule has 90 valence electrons. The van der Waals surface area contributed by atoms with E-state index < -0.39 is 0 Å². The van der Waals surface area contributed by atoms with E-state index in [4.69, 9.17) is 11.6 Å². The van der Waals surface area contributed by atoms with E-state index in [0.29, 0.717) is 17.5 Å². The zero-order chi connectivity index (χ0) is 12.1. The summed E-state index contributed by atoms with van der Waals surface area (Å²) in [7, 11) is 0. The monoisotopic (exact) mass is 244 g/mol. The highest BCUT2D eigenvalue weighted by atomic mass is 35.5. The fourth-order valence-electron chi connectivity index (χ4n) is 1.40. The van der Waals surface area contributed by atoms with E-state index >= 15 is 0 Å². The van der Waals surface area contributed by atoms with Gasteiger partial charge in [-0.1, -0.05) is 25.1 Å². The highest BCUT2D eigenvalue weighted by Gasteiger charge is 2.38. The van der Waals surface area contributed by atoms with Crippen LogP contribution in [0.5, 0.6) is 0 Å². The molecule has 5 heteroatoms. The number of rotatable bonds is 6. The van der Waals surface area contributed by atoms with Crippen molar-refractivity contribution in [3.05, 3.63) is 11.6 Å². The van der Waals surface area contributed by atoms with Crippen LogP contribution in [-0.4, -0.2) is 24.9 Å². The van der Waals surface area contributed by atoms with Crippen LogP contribution in [0.2, 0.25) is 0 Å². The van der Waals surface area contributed by atoms with Crippen LogP contribution in [-0.2, 0) is 9.59 Å². The molecular weight excluding hydrogens is 228 g/mol. The molecule has 1 fully saturated rings. The summed E-state index contributed by atoms with van der Waals surface area (Å²) in [6.45, 7) is 6.15. The molecule has 1 saturated carbocycles. The van der Waals surface area contributed by atoms with Gasteiger partial charge in [-0.05, 0) is 12.3 Å². The lowest BCUT2D eigenvalue weighted by atomic mass is 10.3. The summed E-state index contributed by atoms with van der Waals surface area (Å²) in [5, 5.41) is 5.72. The van der Waals surface area contributed by atoms with Crippen molar-refractivity contribution in [3.63, 3.8) is 0 Å². The summed E-state index contributed by atoms with van der Waals surface area (Å²) in [4.78, 5) is 22.6. The molecule has 0 bridgehead atoms. The lowest BCUT2D eigenvalue weighted by Crippen LogP contribution is -2.32. The van der Waals surface area contributed by atoms with Gasteiger partial charge in [0.2, 0.25) is 11.8 Å². The molecule has 1 rings (SSSR count). The van der Waals surface area contributed by atoms with Gasteiger partial charge in [0.1, 0.15) is 0 Å². The summed E-state index contributed by atoms with van der Waals surface area (Å²) in [5.74, 6) is 0.576. The van der Waals surface area contributed by atoms with Crippen LogP contribution < -0.4 is 10.6 Å². The summed E-state index contributed by atoms with van der Waals surface area (Å²) in [6, 6.07) is 0. The molecule has 2 unspecified atom stereocenters. The van der Waals surface area contributed by atoms with Crippen LogP contribution in [0.1, 0.15) is 19.8 Å². The van der Waals surface area contributed by atoms with Crippen molar-refractivity contribution >= 4 is 23.4 Å². The van der Waals surface area contributed by atoms with Crippen LogP contribution in [0.4, 0.5) is 0 Å². The van der Waals surface area contributed by atoms with Crippen molar-refractivity contribution in [2.75, 3.05) is 13.1 Å². The van der Waals surface area contributed by atoms with Crippen molar-refractivity contribution in [1.82, 2.24) is 10.6 Å². The van der Waals surface area contributed by atoms with Gasteiger partial charge in [0.05, 0.1) is 6.54 Å². The van der Waals surface area contributed by atoms with E-state index in [1.807, 2.05) is 6.92 Å². The van der Waals surface area contributed by atoms with Gasteiger partial charge in [-0.25, -0.2) is 0 Å². The Kier molecular flexibility index (Phi) is 4.80. The molecule has 2 N–H and O–H groups in total. The molecule has 0 aliphatic heterocycles. The fraction of sp³-hybridized carbons (Fsp3) is 0.636. The first-order valence-corrected chi connectivity index (χ1v) is 5.76. The Morgan fingerprint density at radius 1 is 1.44 bits per heavy atom. The molecule has 4 nitrogen and oxygen atoms in total. The van der Waals surface area contributed by atoms with E-state index in [9.17, 15) is 9.59 Å². The zero-order valence-corrected chi connectivity index (χ0v) is 10.1. The Morgan fingerprint density at radius 3 is 2.56 bits per heavy atom. The quantitative estimate of drug-likeness (QED) is 0.733. The van der Waals surface area contributed by atoms with Gasteiger partial charge in [0.25, 0.3) is 0 Å². The molecule has 0 aromatic rings. The highest BCUT2D eigenvalue weighted by Crippen LogP contribution is 2.37. The largest absolute Gasteiger partial charge is 0.355 e. The summed E-state index contributed by atoms with van der Waals surface area (Å²) < 4.78 is 0. The maximum absolute atomic E-state index is 11.4. The average Bonchev–Trinajstić information content (AvgIpc) is 2.92. The van der Waals surface area contributed by atoms with Gasteiger partial charge in [-0.3, -0.25) is 9.59 Å². The van der Waals surface area contributed by atoms with Crippen molar-refractivity contribution in [2.24, 2.45) is 11.8 Å². The van der Waals surface area contributed by atoms with Gasteiger partial charge in [0, 0.05) is 23.9 Å². The maximum atomic E-state index is 11.4.